The first-order valence-corrected chi connectivity index (χ1v) is 14.3. The molecular weight excluding hydrogens is 539 g/mol. The van der Waals surface area contributed by atoms with Crippen LogP contribution in [0, 0.1) is 5.82 Å². The number of hydrogen-bond acceptors (Lipinski definition) is 7. The van der Waals surface area contributed by atoms with Gasteiger partial charge in [0.15, 0.2) is 0 Å². The highest BCUT2D eigenvalue weighted by atomic mass is 35.5. The van der Waals surface area contributed by atoms with Gasteiger partial charge < -0.3 is 19.8 Å². The van der Waals surface area contributed by atoms with Crippen molar-refractivity contribution in [1.82, 2.24) is 15.3 Å². The van der Waals surface area contributed by atoms with E-state index in [0.29, 0.717) is 39.4 Å². The summed E-state index contributed by atoms with van der Waals surface area (Å²) >= 11 is 6.48. The summed E-state index contributed by atoms with van der Waals surface area (Å²) in [4.78, 5) is 8.84. The lowest BCUT2D eigenvalue weighted by Gasteiger charge is -2.13. The van der Waals surface area contributed by atoms with Crippen LogP contribution in [0.2, 0.25) is 5.02 Å². The highest BCUT2D eigenvalue weighted by Gasteiger charge is 2.17. The summed E-state index contributed by atoms with van der Waals surface area (Å²) in [7, 11) is 0.855. The van der Waals surface area contributed by atoms with Crippen LogP contribution in [0.1, 0.15) is 17.4 Å². The Morgan fingerprint density at radius 1 is 1.08 bits per heavy atom. The number of aromatic nitrogens is 2. The summed E-state index contributed by atoms with van der Waals surface area (Å²) in [6.45, 7) is 0.198. The molecular formula is C29H26ClFN4O3S. The van der Waals surface area contributed by atoms with Crippen LogP contribution in [0.25, 0.3) is 22.2 Å². The number of nitrogens with one attached hydrogen (secondary N) is 2. The van der Waals surface area contributed by atoms with Gasteiger partial charge in [0.25, 0.3) is 0 Å². The van der Waals surface area contributed by atoms with Gasteiger partial charge in [-0.05, 0) is 73.3 Å². The van der Waals surface area contributed by atoms with Crippen LogP contribution >= 0.6 is 11.6 Å². The normalized spacial score (nSPS) is 12.8. The van der Waals surface area contributed by atoms with E-state index >= 15 is 0 Å². The highest BCUT2D eigenvalue weighted by molar-refractivity contribution is 7.84. The van der Waals surface area contributed by atoms with Gasteiger partial charge in [0.05, 0.1) is 16.6 Å². The second kappa shape index (κ2) is 11.9. The molecule has 2 unspecified atom stereocenters. The fourth-order valence-corrected chi connectivity index (χ4v) is 5.20. The third kappa shape index (κ3) is 6.44. The maximum atomic E-state index is 13.4. The minimum Gasteiger partial charge on any atom is -0.487 e. The molecule has 0 saturated heterocycles. The van der Waals surface area contributed by atoms with Crippen molar-refractivity contribution in [3.05, 3.63) is 101 Å². The van der Waals surface area contributed by atoms with Crippen molar-refractivity contribution >= 4 is 44.8 Å². The third-order valence-corrected chi connectivity index (χ3v) is 7.22. The summed E-state index contributed by atoms with van der Waals surface area (Å²) in [5.74, 6) is 2.65. The highest BCUT2D eigenvalue weighted by Crippen LogP contribution is 2.33. The van der Waals surface area contributed by atoms with Gasteiger partial charge in [-0.2, -0.15) is 0 Å². The van der Waals surface area contributed by atoms with Crippen LogP contribution < -0.4 is 15.4 Å². The first-order valence-electron chi connectivity index (χ1n) is 12.2. The van der Waals surface area contributed by atoms with Crippen molar-refractivity contribution < 1.29 is 17.8 Å². The van der Waals surface area contributed by atoms with Crippen molar-refractivity contribution in [2.45, 2.75) is 12.6 Å². The predicted octanol–water partition coefficient (Wildman–Crippen LogP) is 6.64. The molecule has 5 rings (SSSR count). The van der Waals surface area contributed by atoms with Crippen LogP contribution in [-0.4, -0.2) is 33.2 Å². The Morgan fingerprint density at radius 2 is 1.95 bits per heavy atom. The number of anilines is 2. The topological polar surface area (TPSA) is 89.3 Å². The molecule has 0 amide bonds. The summed E-state index contributed by atoms with van der Waals surface area (Å²) < 4.78 is 37.0. The third-order valence-electron chi connectivity index (χ3n) is 6.12. The van der Waals surface area contributed by atoms with Gasteiger partial charge in [0, 0.05) is 39.4 Å². The molecule has 0 aliphatic heterocycles. The second-order valence-electron chi connectivity index (χ2n) is 8.93. The molecule has 0 fully saturated rings. The number of rotatable bonds is 10. The van der Waals surface area contributed by atoms with Gasteiger partial charge in [0.1, 0.15) is 41.8 Å². The lowest BCUT2D eigenvalue weighted by atomic mass is 10.1. The van der Waals surface area contributed by atoms with Gasteiger partial charge in [-0.1, -0.05) is 23.7 Å². The molecule has 0 saturated carbocycles. The van der Waals surface area contributed by atoms with E-state index in [-0.39, 0.29) is 18.5 Å². The van der Waals surface area contributed by atoms with Crippen molar-refractivity contribution in [3.8, 4) is 17.1 Å². The van der Waals surface area contributed by atoms with Crippen LogP contribution in [0.4, 0.5) is 15.9 Å². The van der Waals surface area contributed by atoms with E-state index in [1.807, 2.05) is 43.4 Å². The monoisotopic (exact) mass is 564 g/mol. The second-order valence-corrected chi connectivity index (χ2v) is 10.8. The minimum atomic E-state index is -0.965. The van der Waals surface area contributed by atoms with Gasteiger partial charge in [-0.15, -0.1) is 0 Å². The molecule has 0 radical (unpaired) electrons. The zero-order valence-electron chi connectivity index (χ0n) is 21.3. The Labute approximate surface area is 232 Å². The van der Waals surface area contributed by atoms with E-state index in [2.05, 4.69) is 20.6 Å². The molecule has 10 heteroatoms. The number of hydrogen-bond donors (Lipinski definition) is 2. The molecule has 3 aromatic carbocycles. The number of fused-ring (bicyclic) bond motifs is 1. The molecule has 39 heavy (non-hydrogen) atoms. The zero-order valence-corrected chi connectivity index (χ0v) is 22.9. The Bertz CT molecular complexity index is 1640. The standard InChI is InChI=1S/C29H26ClFN4O3S/c1-32-25(16-39(2)36)28-11-10-26(38-28)19-6-8-24-22(13-19)29(34-17-33-24)35-21-7-9-27(23(30)14-21)37-15-18-4-3-5-20(31)12-18/h3-14,17,25,32H,15-16H2,1-2H3,(H,33,34,35). The summed E-state index contributed by atoms with van der Waals surface area (Å²) in [6.07, 6.45) is 3.17. The van der Waals surface area contributed by atoms with Crippen molar-refractivity contribution in [2.24, 2.45) is 0 Å². The fourth-order valence-electron chi connectivity index (χ4n) is 4.17. The first-order chi connectivity index (χ1) is 18.9. The van der Waals surface area contributed by atoms with E-state index in [1.54, 1.807) is 30.5 Å². The van der Waals surface area contributed by atoms with E-state index in [4.69, 9.17) is 20.8 Å². The van der Waals surface area contributed by atoms with Crippen LogP contribution in [0.3, 0.4) is 0 Å². The largest absolute Gasteiger partial charge is 0.487 e. The predicted molar refractivity (Wildman–Crippen MR) is 153 cm³/mol. The molecule has 2 heterocycles. The molecule has 0 spiro atoms. The Balaban J connectivity index is 1.36. The number of halogens is 2. The smallest absolute Gasteiger partial charge is 0.141 e. The molecule has 0 bridgehead atoms. The SMILES string of the molecule is CNC(CS(C)=O)c1ccc(-c2ccc3ncnc(Nc4ccc(OCc5cccc(F)c5)c(Cl)c4)c3c2)o1. The number of furan rings is 1. The van der Waals surface area contributed by atoms with Crippen molar-refractivity contribution in [2.75, 3.05) is 24.4 Å². The summed E-state index contributed by atoms with van der Waals surface area (Å²) in [5, 5.41) is 7.68. The molecule has 5 aromatic rings. The molecule has 7 nitrogen and oxygen atoms in total. The Morgan fingerprint density at radius 3 is 2.72 bits per heavy atom. The number of nitrogens with zero attached hydrogens (tertiary/aromatic N) is 2. The number of ether oxygens (including phenoxy) is 1. The average molecular weight is 565 g/mol. The minimum absolute atomic E-state index is 0.142. The van der Waals surface area contributed by atoms with Crippen molar-refractivity contribution in [1.29, 1.82) is 0 Å². The van der Waals surface area contributed by atoms with E-state index in [9.17, 15) is 8.60 Å². The van der Waals surface area contributed by atoms with Crippen LogP contribution in [0.15, 0.2) is 83.5 Å². The maximum absolute atomic E-state index is 13.4. The van der Waals surface area contributed by atoms with Gasteiger partial charge >= 0.3 is 0 Å². The van der Waals surface area contributed by atoms with Crippen molar-refractivity contribution in [3.63, 3.8) is 0 Å². The van der Waals surface area contributed by atoms with Crippen LogP contribution in [0.5, 0.6) is 5.75 Å². The van der Waals surface area contributed by atoms with E-state index < -0.39 is 10.8 Å². The lowest BCUT2D eigenvalue weighted by molar-refractivity contribution is 0.306. The van der Waals surface area contributed by atoms with E-state index in [0.717, 1.165) is 22.2 Å². The lowest BCUT2D eigenvalue weighted by Crippen LogP contribution is -2.21. The Hall–Kier alpha value is -3.79. The van der Waals surface area contributed by atoms with Gasteiger partial charge in [0.2, 0.25) is 0 Å². The number of benzene rings is 3. The summed E-state index contributed by atoms with van der Waals surface area (Å²) in [6, 6.07) is 21.0. The molecule has 2 N–H and O–H groups in total. The summed E-state index contributed by atoms with van der Waals surface area (Å²) in [5.41, 5.74) is 3.05. The fraction of sp³-hybridized carbons (Fsp3) is 0.172. The molecule has 0 aliphatic rings. The Kier molecular flexibility index (Phi) is 8.21. The van der Waals surface area contributed by atoms with Crippen LogP contribution in [-0.2, 0) is 17.4 Å². The van der Waals surface area contributed by atoms with Gasteiger partial charge in [-0.3, -0.25) is 4.21 Å². The molecule has 2 aromatic heterocycles. The first kappa shape index (κ1) is 26.8. The zero-order chi connectivity index (χ0) is 27.4. The molecule has 0 aliphatic carbocycles. The molecule has 2 atom stereocenters. The maximum Gasteiger partial charge on any atom is 0.141 e. The van der Waals surface area contributed by atoms with Gasteiger partial charge in [-0.25, -0.2) is 14.4 Å². The molecule has 200 valence electrons. The average Bonchev–Trinajstić information content (AvgIpc) is 3.41. The van der Waals surface area contributed by atoms with E-state index in [1.165, 1.54) is 18.5 Å². The quantitative estimate of drug-likeness (QED) is 0.196.